The smallest absolute Gasteiger partial charge is 0.271 e. The molecule has 1 aromatic carbocycles. The number of rotatable bonds is 3. The molecule has 3 heterocycles. The molecular formula is C18H17N5O2. The highest BCUT2D eigenvalue weighted by atomic mass is 16.5. The van der Waals surface area contributed by atoms with Gasteiger partial charge in [0, 0.05) is 24.4 Å². The zero-order chi connectivity index (χ0) is 17.2. The molecule has 1 aliphatic rings. The van der Waals surface area contributed by atoms with E-state index in [2.05, 4.69) is 25.3 Å². The van der Waals surface area contributed by atoms with Crippen LogP contribution in [0.2, 0.25) is 0 Å². The second-order valence-electron chi connectivity index (χ2n) is 5.86. The summed E-state index contributed by atoms with van der Waals surface area (Å²) in [5, 5.41) is 2.96. The van der Waals surface area contributed by atoms with Gasteiger partial charge in [-0.3, -0.25) is 4.79 Å². The number of hydrogen-bond acceptors (Lipinski definition) is 5. The molecule has 0 spiro atoms. The molecule has 0 fully saturated rings. The van der Waals surface area contributed by atoms with Crippen molar-refractivity contribution in [2.24, 2.45) is 0 Å². The van der Waals surface area contributed by atoms with Gasteiger partial charge in [0.1, 0.15) is 23.5 Å². The molecule has 4 rings (SSSR count). The van der Waals surface area contributed by atoms with Crippen molar-refractivity contribution in [2.75, 3.05) is 13.7 Å². The first-order valence-corrected chi connectivity index (χ1v) is 8.02. The summed E-state index contributed by atoms with van der Waals surface area (Å²) in [6.45, 7) is 0.534. The number of fused-ring (bicyclic) bond motifs is 1. The lowest BCUT2D eigenvalue weighted by Crippen LogP contribution is -2.26. The fourth-order valence-electron chi connectivity index (χ4n) is 3.14. The molecule has 0 aliphatic carbocycles. The van der Waals surface area contributed by atoms with Gasteiger partial charge in [-0.25, -0.2) is 15.0 Å². The summed E-state index contributed by atoms with van der Waals surface area (Å²) in [5.41, 5.74) is 2.95. The number of methoxy groups -OCH3 is 1. The lowest BCUT2D eigenvalue weighted by atomic mass is 9.93. The molecule has 7 heteroatoms. The van der Waals surface area contributed by atoms with Gasteiger partial charge in [-0.15, -0.1) is 0 Å². The Bertz CT molecular complexity index is 907. The summed E-state index contributed by atoms with van der Waals surface area (Å²) in [4.78, 5) is 28.2. The maximum absolute atomic E-state index is 12.4. The van der Waals surface area contributed by atoms with Crippen molar-refractivity contribution >= 4 is 5.91 Å². The van der Waals surface area contributed by atoms with Crippen LogP contribution in [-0.4, -0.2) is 39.5 Å². The van der Waals surface area contributed by atoms with Crippen LogP contribution in [0.1, 0.15) is 27.7 Å². The third kappa shape index (κ3) is 2.84. The van der Waals surface area contributed by atoms with E-state index in [0.717, 1.165) is 17.0 Å². The van der Waals surface area contributed by atoms with Crippen LogP contribution in [0.25, 0.3) is 11.5 Å². The largest absolute Gasteiger partial charge is 0.496 e. The van der Waals surface area contributed by atoms with Crippen molar-refractivity contribution in [3.05, 3.63) is 59.8 Å². The fourth-order valence-corrected chi connectivity index (χ4v) is 3.14. The zero-order valence-corrected chi connectivity index (χ0v) is 13.7. The first-order chi connectivity index (χ1) is 12.3. The van der Waals surface area contributed by atoms with Crippen LogP contribution in [0, 0.1) is 0 Å². The van der Waals surface area contributed by atoms with Gasteiger partial charge in [0.25, 0.3) is 5.91 Å². The molecule has 1 aliphatic heterocycles. The number of aromatic nitrogens is 4. The summed E-state index contributed by atoms with van der Waals surface area (Å²) in [5.74, 6) is 1.31. The average Bonchev–Trinajstić information content (AvgIpc) is 3.03. The van der Waals surface area contributed by atoms with Gasteiger partial charge in [-0.1, -0.05) is 18.2 Å². The second-order valence-corrected chi connectivity index (χ2v) is 5.86. The molecule has 0 radical (unpaired) electrons. The number of H-pyrrole nitrogens is 1. The third-order valence-corrected chi connectivity index (χ3v) is 4.36. The summed E-state index contributed by atoms with van der Waals surface area (Å²) >= 11 is 0. The van der Waals surface area contributed by atoms with E-state index in [1.54, 1.807) is 19.4 Å². The van der Waals surface area contributed by atoms with Crippen molar-refractivity contribution in [3.8, 4) is 17.3 Å². The Morgan fingerprint density at radius 2 is 2.12 bits per heavy atom. The summed E-state index contributed by atoms with van der Waals surface area (Å²) in [7, 11) is 1.66. The number of hydrogen-bond donors (Lipinski definition) is 2. The van der Waals surface area contributed by atoms with Gasteiger partial charge >= 0.3 is 0 Å². The normalized spacial score (nSPS) is 16.7. The maximum atomic E-state index is 12.4. The topological polar surface area (TPSA) is 92.8 Å². The van der Waals surface area contributed by atoms with Crippen molar-refractivity contribution in [1.82, 2.24) is 25.3 Å². The van der Waals surface area contributed by atoms with Crippen LogP contribution in [0.3, 0.4) is 0 Å². The molecule has 25 heavy (non-hydrogen) atoms. The molecule has 3 aromatic rings. The molecule has 2 aromatic heterocycles. The number of amides is 1. The predicted molar refractivity (Wildman–Crippen MR) is 91.4 cm³/mol. The Kier molecular flexibility index (Phi) is 3.89. The molecule has 0 saturated heterocycles. The van der Waals surface area contributed by atoms with Crippen molar-refractivity contribution in [1.29, 1.82) is 0 Å². The van der Waals surface area contributed by atoms with E-state index < -0.39 is 0 Å². The minimum Gasteiger partial charge on any atom is -0.496 e. The van der Waals surface area contributed by atoms with Gasteiger partial charge in [0.15, 0.2) is 5.82 Å². The maximum Gasteiger partial charge on any atom is 0.271 e. The average molecular weight is 335 g/mol. The Morgan fingerprint density at radius 1 is 1.24 bits per heavy atom. The van der Waals surface area contributed by atoms with Crippen LogP contribution in [0.15, 0.2) is 42.9 Å². The molecule has 0 unspecified atom stereocenters. The highest BCUT2D eigenvalue weighted by Crippen LogP contribution is 2.31. The summed E-state index contributed by atoms with van der Waals surface area (Å²) in [6.07, 6.45) is 3.76. The van der Waals surface area contributed by atoms with E-state index >= 15 is 0 Å². The van der Waals surface area contributed by atoms with E-state index in [4.69, 9.17) is 4.74 Å². The summed E-state index contributed by atoms with van der Waals surface area (Å²) < 4.78 is 5.47. The quantitative estimate of drug-likeness (QED) is 0.763. The van der Waals surface area contributed by atoms with Gasteiger partial charge < -0.3 is 15.0 Å². The lowest BCUT2D eigenvalue weighted by molar-refractivity contribution is 0.0950. The Morgan fingerprint density at radius 3 is 2.92 bits per heavy atom. The Labute approximate surface area is 144 Å². The summed E-state index contributed by atoms with van der Waals surface area (Å²) in [6, 6.07) is 9.63. The van der Waals surface area contributed by atoms with Gasteiger partial charge in [0.05, 0.1) is 7.11 Å². The highest BCUT2D eigenvalue weighted by molar-refractivity contribution is 5.94. The van der Waals surface area contributed by atoms with E-state index in [0.29, 0.717) is 30.2 Å². The number of para-hydroxylation sites is 1. The van der Waals surface area contributed by atoms with E-state index in [1.165, 1.54) is 6.33 Å². The molecular weight excluding hydrogens is 318 g/mol. The molecule has 0 saturated carbocycles. The number of imidazole rings is 1. The van der Waals surface area contributed by atoms with Crippen LogP contribution >= 0.6 is 0 Å². The first kappa shape index (κ1) is 15.3. The van der Waals surface area contributed by atoms with Gasteiger partial charge in [0.2, 0.25) is 0 Å². The molecule has 2 N–H and O–H groups in total. The molecule has 7 nitrogen and oxygen atoms in total. The van der Waals surface area contributed by atoms with Crippen LogP contribution in [0.5, 0.6) is 5.75 Å². The van der Waals surface area contributed by atoms with E-state index in [1.807, 2.05) is 24.3 Å². The molecule has 1 atom stereocenters. The fraction of sp³-hybridized carbons (Fsp3) is 0.222. The predicted octanol–water partition coefficient (Wildman–Crippen LogP) is 1.94. The first-order valence-electron chi connectivity index (χ1n) is 8.02. The number of aromatic amines is 1. The van der Waals surface area contributed by atoms with Crippen LogP contribution in [-0.2, 0) is 6.42 Å². The number of benzene rings is 1. The highest BCUT2D eigenvalue weighted by Gasteiger charge is 2.28. The third-order valence-electron chi connectivity index (χ3n) is 4.36. The number of ether oxygens (including phenoxy) is 1. The SMILES string of the molecule is COc1ccccc1[C@H]1CNC(=O)c2nc(-c3ccncn3)[nH]c2C1. The minimum absolute atomic E-state index is 0.0973. The number of nitrogens with zero attached hydrogens (tertiary/aromatic N) is 3. The van der Waals surface area contributed by atoms with E-state index in [9.17, 15) is 4.79 Å². The molecule has 1 amide bonds. The Hall–Kier alpha value is -3.22. The van der Waals surface area contributed by atoms with Crippen molar-refractivity contribution in [3.63, 3.8) is 0 Å². The minimum atomic E-state index is -0.177. The zero-order valence-electron chi connectivity index (χ0n) is 13.7. The lowest BCUT2D eigenvalue weighted by Gasteiger charge is -2.17. The van der Waals surface area contributed by atoms with Gasteiger partial charge in [-0.05, 0) is 24.1 Å². The number of carbonyl (C=O) groups excluding carboxylic acids is 1. The molecule has 126 valence electrons. The number of nitrogens with one attached hydrogen (secondary N) is 2. The van der Waals surface area contributed by atoms with Crippen LogP contribution in [0.4, 0.5) is 0 Å². The van der Waals surface area contributed by atoms with E-state index in [-0.39, 0.29) is 11.8 Å². The number of carbonyl (C=O) groups is 1. The van der Waals surface area contributed by atoms with Crippen molar-refractivity contribution in [2.45, 2.75) is 12.3 Å². The van der Waals surface area contributed by atoms with Gasteiger partial charge in [-0.2, -0.15) is 0 Å². The van der Waals surface area contributed by atoms with Crippen LogP contribution < -0.4 is 10.1 Å². The van der Waals surface area contributed by atoms with Crippen molar-refractivity contribution < 1.29 is 9.53 Å². The second kappa shape index (κ2) is 6.35. The molecule has 0 bridgehead atoms. The Balaban J connectivity index is 1.72. The monoisotopic (exact) mass is 335 g/mol. The standard InChI is InChI=1S/C18H17N5O2/c1-25-15-5-3-2-4-12(15)11-8-14-16(18(24)20-9-11)23-17(22-14)13-6-7-19-10-21-13/h2-7,10-11H,8-9H2,1H3,(H,20,24)(H,22,23)/t11-/m1/s1.